The fourth-order valence-corrected chi connectivity index (χ4v) is 1.81. The second kappa shape index (κ2) is 3.55. The highest BCUT2D eigenvalue weighted by Crippen LogP contribution is 2.27. The molecule has 1 aromatic rings. The fraction of sp³-hybridized carbons (Fsp3) is 0.500. The monoisotopic (exact) mass is 193 g/mol. The zero-order valence-electron chi connectivity index (χ0n) is 8.03. The highest BCUT2D eigenvalue weighted by molar-refractivity contribution is 5.39. The molecule has 1 aliphatic heterocycles. The topological polar surface area (TPSA) is 71.2 Å². The van der Waals surface area contributed by atoms with Crippen molar-refractivity contribution in [3.8, 4) is 0 Å². The number of aromatic nitrogens is 1. The summed E-state index contributed by atoms with van der Waals surface area (Å²) in [7, 11) is 0. The number of anilines is 1. The van der Waals surface area contributed by atoms with Crippen molar-refractivity contribution < 1.29 is 5.11 Å². The van der Waals surface area contributed by atoms with Crippen molar-refractivity contribution in [1.82, 2.24) is 10.3 Å². The van der Waals surface area contributed by atoms with E-state index in [2.05, 4.69) is 10.3 Å². The Morgan fingerprint density at radius 3 is 3.07 bits per heavy atom. The zero-order chi connectivity index (χ0) is 10.0. The molecule has 0 radical (unpaired) electrons. The van der Waals surface area contributed by atoms with E-state index < -0.39 is 5.60 Å². The summed E-state index contributed by atoms with van der Waals surface area (Å²) in [5.74, 6) is 0. The summed E-state index contributed by atoms with van der Waals surface area (Å²) in [5, 5.41) is 13.4. The predicted molar refractivity (Wildman–Crippen MR) is 54.6 cm³/mol. The van der Waals surface area contributed by atoms with Crippen LogP contribution in [0.5, 0.6) is 0 Å². The lowest BCUT2D eigenvalue weighted by Crippen LogP contribution is -2.43. The van der Waals surface area contributed by atoms with Crippen molar-refractivity contribution in [2.75, 3.05) is 18.8 Å². The highest BCUT2D eigenvalue weighted by atomic mass is 16.3. The van der Waals surface area contributed by atoms with Crippen LogP contribution in [-0.4, -0.2) is 23.2 Å². The molecule has 0 aromatic carbocycles. The lowest BCUT2D eigenvalue weighted by Gasteiger charge is -2.32. The third-order valence-corrected chi connectivity index (χ3v) is 2.62. The van der Waals surface area contributed by atoms with Gasteiger partial charge in [0.25, 0.3) is 0 Å². The van der Waals surface area contributed by atoms with Gasteiger partial charge < -0.3 is 16.2 Å². The van der Waals surface area contributed by atoms with Crippen LogP contribution in [0.3, 0.4) is 0 Å². The first-order valence-corrected chi connectivity index (χ1v) is 4.86. The van der Waals surface area contributed by atoms with Gasteiger partial charge in [0.1, 0.15) is 5.60 Å². The molecule has 1 saturated heterocycles. The number of rotatable bonds is 1. The molecule has 4 heteroatoms. The average molecular weight is 193 g/mol. The van der Waals surface area contributed by atoms with Gasteiger partial charge in [-0.2, -0.15) is 0 Å². The summed E-state index contributed by atoms with van der Waals surface area (Å²) < 4.78 is 0. The molecule has 2 rings (SSSR count). The van der Waals surface area contributed by atoms with Gasteiger partial charge in [0, 0.05) is 18.4 Å². The number of β-amino-alcohol motifs (C(OH)–C–C–N with tert-alkyl or cyclic N) is 1. The Hall–Kier alpha value is -1.13. The lowest BCUT2D eigenvalue weighted by molar-refractivity contribution is 0.00830. The van der Waals surface area contributed by atoms with E-state index in [-0.39, 0.29) is 0 Å². The summed E-state index contributed by atoms with van der Waals surface area (Å²) in [6, 6.07) is 3.47. The first kappa shape index (κ1) is 9.43. The molecule has 1 atom stereocenters. The first-order chi connectivity index (χ1) is 6.71. The largest absolute Gasteiger partial charge is 0.399 e. The summed E-state index contributed by atoms with van der Waals surface area (Å²) in [5.41, 5.74) is 6.13. The van der Waals surface area contributed by atoms with Gasteiger partial charge in [-0.05, 0) is 31.5 Å². The van der Waals surface area contributed by atoms with Gasteiger partial charge in [0.2, 0.25) is 0 Å². The quantitative estimate of drug-likeness (QED) is 0.597. The minimum atomic E-state index is -0.840. The SMILES string of the molecule is Nc1ccnc(C2(O)CCCNC2)c1. The van der Waals surface area contributed by atoms with Crippen LogP contribution >= 0.6 is 0 Å². The van der Waals surface area contributed by atoms with Gasteiger partial charge in [0.15, 0.2) is 0 Å². The minimum absolute atomic E-state index is 0.559. The van der Waals surface area contributed by atoms with Crippen molar-refractivity contribution in [3.05, 3.63) is 24.0 Å². The zero-order valence-corrected chi connectivity index (χ0v) is 8.03. The molecular weight excluding hydrogens is 178 g/mol. The number of nitrogens with two attached hydrogens (primary N) is 1. The molecule has 0 amide bonds. The van der Waals surface area contributed by atoms with Crippen LogP contribution in [0.1, 0.15) is 18.5 Å². The van der Waals surface area contributed by atoms with E-state index in [9.17, 15) is 5.11 Å². The van der Waals surface area contributed by atoms with Crippen molar-refractivity contribution in [1.29, 1.82) is 0 Å². The maximum atomic E-state index is 10.3. The molecule has 0 spiro atoms. The summed E-state index contributed by atoms with van der Waals surface area (Å²) in [4.78, 5) is 4.16. The van der Waals surface area contributed by atoms with Crippen molar-refractivity contribution >= 4 is 5.69 Å². The molecule has 2 heterocycles. The lowest BCUT2D eigenvalue weighted by atomic mass is 9.90. The molecule has 1 fully saturated rings. The first-order valence-electron chi connectivity index (χ1n) is 4.86. The van der Waals surface area contributed by atoms with Gasteiger partial charge in [-0.1, -0.05) is 0 Å². The number of pyridine rings is 1. The van der Waals surface area contributed by atoms with E-state index in [0.717, 1.165) is 19.4 Å². The van der Waals surface area contributed by atoms with E-state index in [0.29, 0.717) is 17.9 Å². The van der Waals surface area contributed by atoms with Crippen LogP contribution in [0.25, 0.3) is 0 Å². The molecule has 0 aliphatic carbocycles. The Bertz CT molecular complexity index is 321. The molecule has 1 aliphatic rings. The van der Waals surface area contributed by atoms with Crippen LogP contribution in [0, 0.1) is 0 Å². The van der Waals surface area contributed by atoms with Crippen molar-refractivity contribution in [2.45, 2.75) is 18.4 Å². The number of piperidine rings is 1. The Morgan fingerprint density at radius 1 is 1.57 bits per heavy atom. The van der Waals surface area contributed by atoms with Gasteiger partial charge in [0.05, 0.1) is 5.69 Å². The number of aliphatic hydroxyl groups is 1. The fourth-order valence-electron chi connectivity index (χ4n) is 1.81. The standard InChI is InChI=1S/C10H15N3O/c11-8-2-5-13-9(6-8)10(14)3-1-4-12-7-10/h2,5-6,12,14H,1,3-4,7H2,(H2,11,13). The minimum Gasteiger partial charge on any atom is -0.399 e. The molecule has 0 saturated carbocycles. The summed E-state index contributed by atoms with van der Waals surface area (Å²) in [6.45, 7) is 1.52. The second-order valence-corrected chi connectivity index (χ2v) is 3.79. The Morgan fingerprint density at radius 2 is 2.43 bits per heavy atom. The molecule has 1 unspecified atom stereocenters. The maximum absolute atomic E-state index is 10.3. The highest BCUT2D eigenvalue weighted by Gasteiger charge is 2.32. The van der Waals surface area contributed by atoms with Gasteiger partial charge in [-0.3, -0.25) is 4.98 Å². The molecule has 0 bridgehead atoms. The van der Waals surface area contributed by atoms with E-state index in [1.165, 1.54) is 0 Å². The van der Waals surface area contributed by atoms with Gasteiger partial charge in [-0.15, -0.1) is 0 Å². The van der Waals surface area contributed by atoms with Crippen molar-refractivity contribution in [3.63, 3.8) is 0 Å². The number of hydrogen-bond acceptors (Lipinski definition) is 4. The van der Waals surface area contributed by atoms with E-state index in [4.69, 9.17) is 5.73 Å². The third-order valence-electron chi connectivity index (χ3n) is 2.62. The maximum Gasteiger partial charge on any atom is 0.119 e. The van der Waals surface area contributed by atoms with E-state index in [1.807, 2.05) is 0 Å². The van der Waals surface area contributed by atoms with Crippen molar-refractivity contribution in [2.24, 2.45) is 0 Å². The molecule has 4 nitrogen and oxygen atoms in total. The predicted octanol–water partition coefficient (Wildman–Crippen LogP) is 0.235. The van der Waals surface area contributed by atoms with Crippen LogP contribution in [0.15, 0.2) is 18.3 Å². The molecular formula is C10H15N3O. The average Bonchev–Trinajstić information content (AvgIpc) is 2.19. The number of nitrogens with zero attached hydrogens (tertiary/aromatic N) is 1. The molecule has 76 valence electrons. The summed E-state index contributed by atoms with van der Waals surface area (Å²) >= 11 is 0. The molecule has 4 N–H and O–H groups in total. The van der Waals surface area contributed by atoms with E-state index >= 15 is 0 Å². The Kier molecular flexibility index (Phi) is 2.39. The van der Waals surface area contributed by atoms with Crippen LogP contribution in [0.2, 0.25) is 0 Å². The number of nitrogen functional groups attached to an aromatic ring is 1. The normalized spacial score (nSPS) is 27.5. The summed E-state index contributed by atoms with van der Waals surface area (Å²) in [6.07, 6.45) is 3.35. The molecule has 1 aromatic heterocycles. The van der Waals surface area contributed by atoms with E-state index in [1.54, 1.807) is 18.3 Å². The second-order valence-electron chi connectivity index (χ2n) is 3.79. The van der Waals surface area contributed by atoms with Crippen LogP contribution in [0.4, 0.5) is 5.69 Å². The Balaban J connectivity index is 2.28. The van der Waals surface area contributed by atoms with Crippen LogP contribution < -0.4 is 11.1 Å². The smallest absolute Gasteiger partial charge is 0.119 e. The van der Waals surface area contributed by atoms with Gasteiger partial charge in [-0.25, -0.2) is 0 Å². The Labute approximate surface area is 83.2 Å². The third kappa shape index (κ3) is 1.71. The molecule has 14 heavy (non-hydrogen) atoms. The van der Waals surface area contributed by atoms with Crippen LogP contribution in [-0.2, 0) is 5.60 Å². The number of hydrogen-bond donors (Lipinski definition) is 3. The number of nitrogens with one attached hydrogen (secondary N) is 1. The van der Waals surface area contributed by atoms with Gasteiger partial charge >= 0.3 is 0 Å².